The Kier molecular flexibility index (Phi) is 5.71. The molecule has 4 aliphatic carbocycles. The number of aromatic amines is 1. The van der Waals surface area contributed by atoms with Gasteiger partial charge in [-0.25, -0.2) is 18.7 Å². The summed E-state index contributed by atoms with van der Waals surface area (Å²) < 4.78 is 62.8. The number of H-pyrrole nitrogens is 1. The summed E-state index contributed by atoms with van der Waals surface area (Å²) in [6, 6.07) is 2.98. The van der Waals surface area contributed by atoms with Gasteiger partial charge in [0.2, 0.25) is 0 Å². The minimum atomic E-state index is -4.79. The van der Waals surface area contributed by atoms with Gasteiger partial charge in [-0.1, -0.05) is 11.6 Å². The van der Waals surface area contributed by atoms with Gasteiger partial charge in [0.15, 0.2) is 11.6 Å². The van der Waals surface area contributed by atoms with Crippen LogP contribution in [0.15, 0.2) is 18.3 Å². The zero-order chi connectivity index (χ0) is 25.9. The van der Waals surface area contributed by atoms with Crippen LogP contribution >= 0.6 is 11.6 Å². The molecule has 0 radical (unpaired) electrons. The minimum Gasteiger partial charge on any atom is -0.443 e. The molecular formula is C22H22ClF4N7O3. The first-order valence-corrected chi connectivity index (χ1v) is 12.1. The second-order valence-electron chi connectivity index (χ2n) is 9.90. The maximum absolute atomic E-state index is 15.2. The van der Waals surface area contributed by atoms with Crippen molar-refractivity contribution >= 4 is 34.8 Å². The fourth-order valence-electron chi connectivity index (χ4n) is 5.43. The number of hydrogen-bond acceptors (Lipinski definition) is 7. The van der Waals surface area contributed by atoms with E-state index in [9.17, 15) is 18.0 Å². The number of fused-ring (bicyclic) bond motifs is 1. The van der Waals surface area contributed by atoms with Crippen LogP contribution in [0.2, 0.25) is 5.15 Å². The zero-order valence-corrected chi connectivity index (χ0v) is 19.9. The van der Waals surface area contributed by atoms with Crippen LogP contribution in [-0.4, -0.2) is 55.1 Å². The van der Waals surface area contributed by atoms with E-state index in [0.717, 1.165) is 19.3 Å². The summed E-state index contributed by atoms with van der Waals surface area (Å²) in [6.07, 6.45) is -2.55. The summed E-state index contributed by atoms with van der Waals surface area (Å²) in [7, 11) is 0. The number of amides is 1. The molecule has 4 aliphatic rings. The molecule has 4 saturated carbocycles. The topological polar surface area (TPSA) is 118 Å². The normalized spacial score (nSPS) is 28.6. The summed E-state index contributed by atoms with van der Waals surface area (Å²) in [4.78, 5) is 16.4. The van der Waals surface area contributed by atoms with Crippen molar-refractivity contribution in [3.05, 3.63) is 34.9 Å². The van der Waals surface area contributed by atoms with E-state index in [2.05, 4.69) is 35.7 Å². The summed E-state index contributed by atoms with van der Waals surface area (Å²) in [5.74, 6) is 0.625. The highest BCUT2D eigenvalue weighted by Gasteiger charge is 2.58. The summed E-state index contributed by atoms with van der Waals surface area (Å²) in [6.45, 7) is -0.781. The number of halogens is 5. The van der Waals surface area contributed by atoms with Crippen molar-refractivity contribution in [1.82, 2.24) is 30.1 Å². The lowest BCUT2D eigenvalue weighted by Crippen LogP contribution is -2.68. The molecule has 3 aromatic rings. The molecule has 3 heterocycles. The van der Waals surface area contributed by atoms with Crippen LogP contribution in [0.3, 0.4) is 0 Å². The number of nitrogens with one attached hydrogen (secondary N) is 3. The van der Waals surface area contributed by atoms with Gasteiger partial charge in [-0.15, -0.1) is 13.2 Å². The predicted molar refractivity (Wildman–Crippen MR) is 121 cm³/mol. The fraction of sp³-hybridized carbons (Fsp3) is 0.545. The van der Waals surface area contributed by atoms with Gasteiger partial charge in [0.05, 0.1) is 11.9 Å². The second kappa shape index (κ2) is 8.72. The number of carbonyl (C=O) groups excluding carboxylic acids is 1. The average molecular weight is 544 g/mol. The van der Waals surface area contributed by atoms with Crippen molar-refractivity contribution in [1.29, 1.82) is 0 Å². The highest BCUT2D eigenvalue weighted by atomic mass is 35.5. The van der Waals surface area contributed by atoms with Crippen molar-refractivity contribution in [2.45, 2.75) is 68.8 Å². The van der Waals surface area contributed by atoms with Crippen molar-refractivity contribution < 1.29 is 31.8 Å². The summed E-state index contributed by atoms with van der Waals surface area (Å²) >= 11 is 6.04. The standard InChI is InChI=1S/C22H22ClF4N7O3/c23-16-8-34-14(3-11(33-34)9-36-22(25,26)27)19(28-16)29-17-4-13(31-32-17)12-1-2-15(18(12)24)37-20(35)30-21-5-10(6-21)7-21/h3-4,8,10,12,15,18H,1-2,5-7,9H2,(H,30,35)(H2,28,29,31,32)/t10?,12-,15-,18-,21?/m1/s1. The SMILES string of the molecule is O=C(NC12CC(C1)C2)O[C@@H]1CC[C@H](c2cc(Nc3nc(Cl)cn4nc(COC(F)(F)F)cc34)n[nH]2)[C@H]1F. The van der Waals surface area contributed by atoms with Crippen molar-refractivity contribution in [3.63, 3.8) is 0 Å². The lowest BCUT2D eigenvalue weighted by Gasteiger charge is -2.61. The molecule has 0 saturated heterocycles. The predicted octanol–water partition coefficient (Wildman–Crippen LogP) is 4.75. The van der Waals surface area contributed by atoms with Gasteiger partial charge in [0.25, 0.3) is 0 Å². The minimum absolute atomic E-state index is 0.0162. The van der Waals surface area contributed by atoms with Crippen LogP contribution in [0, 0.1) is 5.92 Å². The van der Waals surface area contributed by atoms with E-state index in [1.807, 2.05) is 0 Å². The molecule has 0 spiro atoms. The van der Waals surface area contributed by atoms with E-state index in [-0.39, 0.29) is 22.2 Å². The third kappa shape index (κ3) is 4.79. The average Bonchev–Trinajstić information content (AvgIpc) is 3.47. The number of alkyl halides is 4. The van der Waals surface area contributed by atoms with Gasteiger partial charge in [-0.2, -0.15) is 10.2 Å². The van der Waals surface area contributed by atoms with Crippen molar-refractivity contribution in [3.8, 4) is 0 Å². The molecule has 7 rings (SSSR count). The van der Waals surface area contributed by atoms with Crippen molar-refractivity contribution in [2.24, 2.45) is 5.92 Å². The Hall–Kier alpha value is -3.13. The molecular weight excluding hydrogens is 522 g/mol. The first-order chi connectivity index (χ1) is 17.6. The quantitative estimate of drug-likeness (QED) is 0.368. The molecule has 0 aromatic carbocycles. The van der Waals surface area contributed by atoms with E-state index in [1.165, 1.54) is 16.8 Å². The van der Waals surface area contributed by atoms with Crippen LogP contribution < -0.4 is 10.6 Å². The summed E-state index contributed by atoms with van der Waals surface area (Å²) in [5, 5.41) is 16.8. The number of ether oxygens (including phenoxy) is 2. The van der Waals surface area contributed by atoms with E-state index >= 15 is 4.39 Å². The number of rotatable bonds is 7. The maximum Gasteiger partial charge on any atom is 0.522 e. The van der Waals surface area contributed by atoms with Gasteiger partial charge in [0, 0.05) is 23.2 Å². The molecule has 198 valence electrons. The molecule has 10 nitrogen and oxygen atoms in total. The van der Waals surface area contributed by atoms with Gasteiger partial charge in [-0.05, 0) is 44.1 Å². The monoisotopic (exact) mass is 543 g/mol. The number of alkyl carbamates (subject to hydrolysis) is 1. The Morgan fingerprint density at radius 3 is 2.76 bits per heavy atom. The lowest BCUT2D eigenvalue weighted by molar-refractivity contribution is -0.330. The Morgan fingerprint density at radius 1 is 1.27 bits per heavy atom. The number of carbonyl (C=O) groups is 1. The van der Waals surface area contributed by atoms with Gasteiger partial charge < -0.3 is 15.4 Å². The molecule has 1 amide bonds. The van der Waals surface area contributed by atoms with E-state index < -0.39 is 37.3 Å². The first kappa shape index (κ1) is 24.2. The fourth-order valence-corrected chi connectivity index (χ4v) is 5.61. The number of nitrogens with zero attached hydrogens (tertiary/aromatic N) is 4. The van der Waals surface area contributed by atoms with Crippen LogP contribution in [-0.2, 0) is 16.1 Å². The van der Waals surface area contributed by atoms with E-state index in [1.54, 1.807) is 6.07 Å². The van der Waals surface area contributed by atoms with Gasteiger partial charge in [0.1, 0.15) is 29.6 Å². The van der Waals surface area contributed by atoms with Gasteiger partial charge >= 0.3 is 12.5 Å². The molecule has 3 N–H and O–H groups in total. The molecule has 3 atom stereocenters. The Balaban J connectivity index is 1.11. The molecule has 2 bridgehead atoms. The maximum atomic E-state index is 15.2. The van der Waals surface area contributed by atoms with Gasteiger partial charge in [-0.3, -0.25) is 9.84 Å². The zero-order valence-electron chi connectivity index (χ0n) is 19.2. The third-order valence-electron chi connectivity index (χ3n) is 7.27. The molecule has 4 fully saturated rings. The molecule has 0 aliphatic heterocycles. The highest BCUT2D eigenvalue weighted by Crippen LogP contribution is 2.57. The van der Waals surface area contributed by atoms with E-state index in [4.69, 9.17) is 16.3 Å². The Labute approximate surface area is 212 Å². The van der Waals surface area contributed by atoms with E-state index in [0.29, 0.717) is 35.8 Å². The molecule has 15 heteroatoms. The number of aromatic nitrogens is 5. The first-order valence-electron chi connectivity index (χ1n) is 11.8. The Morgan fingerprint density at radius 2 is 2.05 bits per heavy atom. The van der Waals surface area contributed by atoms with Crippen LogP contribution in [0.4, 0.5) is 34.0 Å². The number of anilines is 2. The molecule has 37 heavy (non-hydrogen) atoms. The van der Waals surface area contributed by atoms with Crippen LogP contribution in [0.1, 0.15) is 49.4 Å². The molecule has 3 aromatic heterocycles. The number of hydrogen-bond donors (Lipinski definition) is 3. The highest BCUT2D eigenvalue weighted by molar-refractivity contribution is 6.29. The summed E-state index contributed by atoms with van der Waals surface area (Å²) in [5.41, 5.74) is 0.716. The Bertz CT molecular complexity index is 1330. The smallest absolute Gasteiger partial charge is 0.443 e. The third-order valence-corrected chi connectivity index (χ3v) is 7.45. The lowest BCUT2D eigenvalue weighted by atomic mass is 9.50. The van der Waals surface area contributed by atoms with Crippen LogP contribution in [0.25, 0.3) is 5.52 Å². The van der Waals surface area contributed by atoms with Crippen LogP contribution in [0.5, 0.6) is 0 Å². The molecule has 0 unspecified atom stereocenters. The largest absolute Gasteiger partial charge is 0.522 e. The second-order valence-corrected chi connectivity index (χ2v) is 10.3. The van der Waals surface area contributed by atoms with Crippen molar-refractivity contribution in [2.75, 3.05) is 5.32 Å².